The molecule has 6 nitrogen and oxygen atoms in total. The summed E-state index contributed by atoms with van der Waals surface area (Å²) in [5.74, 6) is 0.997. The van der Waals surface area contributed by atoms with Crippen LogP contribution in [-0.4, -0.2) is 32.8 Å². The van der Waals surface area contributed by atoms with Crippen molar-refractivity contribution in [3.63, 3.8) is 0 Å². The minimum atomic E-state index is -0.296. The fourth-order valence-corrected chi connectivity index (χ4v) is 3.51. The Labute approximate surface area is 161 Å². The van der Waals surface area contributed by atoms with Gasteiger partial charge in [-0.2, -0.15) is 15.1 Å². The summed E-state index contributed by atoms with van der Waals surface area (Å²) in [6.45, 7) is 1.87. The van der Waals surface area contributed by atoms with E-state index in [4.69, 9.17) is 9.97 Å². The van der Waals surface area contributed by atoms with E-state index in [9.17, 15) is 4.39 Å². The maximum atomic E-state index is 13.6. The Morgan fingerprint density at radius 2 is 1.75 bits per heavy atom. The maximum Gasteiger partial charge on any atom is 0.229 e. The first-order valence-corrected chi connectivity index (χ1v) is 9.37. The van der Waals surface area contributed by atoms with Crippen LogP contribution in [0.1, 0.15) is 12.8 Å². The van der Waals surface area contributed by atoms with Crippen LogP contribution in [0.5, 0.6) is 0 Å². The van der Waals surface area contributed by atoms with Crippen LogP contribution in [0.25, 0.3) is 16.7 Å². The first-order valence-electron chi connectivity index (χ1n) is 9.37. The van der Waals surface area contributed by atoms with E-state index in [-0.39, 0.29) is 5.82 Å². The van der Waals surface area contributed by atoms with Crippen molar-refractivity contribution >= 4 is 28.5 Å². The van der Waals surface area contributed by atoms with Crippen LogP contribution in [0.2, 0.25) is 0 Å². The molecule has 7 heteroatoms. The number of halogens is 1. The summed E-state index contributed by atoms with van der Waals surface area (Å²) in [5.41, 5.74) is 2.29. The molecule has 3 heterocycles. The summed E-state index contributed by atoms with van der Waals surface area (Å²) in [5, 5.41) is 8.57. The number of hydrogen-bond acceptors (Lipinski definition) is 5. The van der Waals surface area contributed by atoms with E-state index in [0.29, 0.717) is 17.5 Å². The van der Waals surface area contributed by atoms with E-state index in [1.165, 1.54) is 12.1 Å². The van der Waals surface area contributed by atoms with Crippen molar-refractivity contribution in [2.75, 3.05) is 23.3 Å². The van der Waals surface area contributed by atoms with E-state index in [1.807, 2.05) is 41.1 Å². The normalized spacial score (nSPS) is 14.0. The highest BCUT2D eigenvalue weighted by atomic mass is 19.1. The van der Waals surface area contributed by atoms with Gasteiger partial charge in [0.2, 0.25) is 5.95 Å². The average Bonchev–Trinajstić information content (AvgIpc) is 3.39. The van der Waals surface area contributed by atoms with Crippen molar-refractivity contribution in [2.24, 2.45) is 0 Å². The molecule has 0 unspecified atom stereocenters. The molecule has 2 aromatic heterocycles. The smallest absolute Gasteiger partial charge is 0.229 e. The molecule has 1 aliphatic rings. The lowest BCUT2D eigenvalue weighted by atomic mass is 10.3. The number of nitrogens with one attached hydrogen (secondary N) is 1. The van der Waals surface area contributed by atoms with E-state index in [1.54, 1.807) is 12.3 Å². The van der Waals surface area contributed by atoms with Crippen LogP contribution >= 0.6 is 0 Å². The molecule has 1 aliphatic heterocycles. The van der Waals surface area contributed by atoms with Crippen molar-refractivity contribution in [1.29, 1.82) is 0 Å². The van der Waals surface area contributed by atoms with Crippen LogP contribution in [0.3, 0.4) is 0 Å². The van der Waals surface area contributed by atoms with Crippen LogP contribution in [0.15, 0.2) is 60.8 Å². The van der Waals surface area contributed by atoms with Gasteiger partial charge in [-0.15, -0.1) is 0 Å². The molecular weight excluding hydrogens is 355 g/mol. The van der Waals surface area contributed by atoms with Gasteiger partial charge in [0.25, 0.3) is 0 Å². The molecule has 28 heavy (non-hydrogen) atoms. The fraction of sp³-hybridized carbons (Fsp3) is 0.190. The monoisotopic (exact) mass is 374 g/mol. The highest BCUT2D eigenvalue weighted by molar-refractivity contribution is 5.90. The Morgan fingerprint density at radius 1 is 0.929 bits per heavy atom. The zero-order chi connectivity index (χ0) is 18.9. The molecular formula is C21H19FN6. The molecule has 1 fully saturated rings. The Balaban J connectivity index is 1.66. The molecule has 0 atom stereocenters. The van der Waals surface area contributed by atoms with Crippen LogP contribution in [0.4, 0.5) is 21.8 Å². The molecule has 5 rings (SSSR count). The maximum absolute atomic E-state index is 13.6. The fourth-order valence-electron chi connectivity index (χ4n) is 3.51. The number of rotatable bonds is 4. The number of benzene rings is 2. The third kappa shape index (κ3) is 3.05. The van der Waals surface area contributed by atoms with Gasteiger partial charge in [-0.1, -0.05) is 24.3 Å². The largest absolute Gasteiger partial charge is 0.341 e. The van der Waals surface area contributed by atoms with Crippen LogP contribution in [-0.2, 0) is 0 Å². The molecule has 0 saturated carbocycles. The Kier molecular flexibility index (Phi) is 4.12. The molecule has 0 bridgehead atoms. The number of hydrogen-bond donors (Lipinski definition) is 1. The summed E-state index contributed by atoms with van der Waals surface area (Å²) in [4.78, 5) is 11.7. The first kappa shape index (κ1) is 16.7. The van der Waals surface area contributed by atoms with Gasteiger partial charge in [0.1, 0.15) is 11.6 Å². The lowest BCUT2D eigenvalue weighted by Crippen LogP contribution is -2.21. The van der Waals surface area contributed by atoms with Gasteiger partial charge in [-0.05, 0) is 43.2 Å². The SMILES string of the molecule is Fc1cccc(Nc2nc(N3CCCC3)nc3c2cnn3-c2ccccc2)c1. The number of fused-ring (bicyclic) bond motifs is 1. The molecule has 4 aromatic rings. The number of anilines is 3. The van der Waals surface area contributed by atoms with Crippen LogP contribution < -0.4 is 10.2 Å². The van der Waals surface area contributed by atoms with Crippen molar-refractivity contribution in [1.82, 2.24) is 19.7 Å². The minimum Gasteiger partial charge on any atom is -0.341 e. The van der Waals surface area contributed by atoms with Gasteiger partial charge in [0.15, 0.2) is 5.65 Å². The second-order valence-electron chi connectivity index (χ2n) is 6.83. The predicted molar refractivity (Wildman–Crippen MR) is 108 cm³/mol. The molecule has 0 spiro atoms. The van der Waals surface area contributed by atoms with Crippen molar-refractivity contribution in [2.45, 2.75) is 12.8 Å². The third-order valence-corrected chi connectivity index (χ3v) is 4.89. The summed E-state index contributed by atoms with van der Waals surface area (Å²) < 4.78 is 15.4. The van der Waals surface area contributed by atoms with E-state index >= 15 is 0 Å². The molecule has 140 valence electrons. The topological polar surface area (TPSA) is 58.9 Å². The molecule has 1 saturated heterocycles. The van der Waals surface area contributed by atoms with Crippen molar-refractivity contribution in [3.05, 3.63) is 66.6 Å². The van der Waals surface area contributed by atoms with Gasteiger partial charge in [0, 0.05) is 18.8 Å². The molecule has 1 N–H and O–H groups in total. The molecule has 0 aliphatic carbocycles. The second kappa shape index (κ2) is 6.92. The Hall–Kier alpha value is -3.48. The summed E-state index contributed by atoms with van der Waals surface area (Å²) >= 11 is 0. The third-order valence-electron chi connectivity index (χ3n) is 4.89. The number of para-hydroxylation sites is 1. The number of aromatic nitrogens is 4. The standard InChI is InChI=1S/C21H19FN6/c22-15-7-6-8-16(13-15)24-19-18-14-23-28(17-9-2-1-3-10-17)20(18)26-21(25-19)27-11-4-5-12-27/h1-3,6-10,13-14H,4-5,11-12H2,(H,24,25,26). The lowest BCUT2D eigenvalue weighted by molar-refractivity contribution is 0.628. The van der Waals surface area contributed by atoms with Gasteiger partial charge in [-0.3, -0.25) is 0 Å². The zero-order valence-corrected chi connectivity index (χ0v) is 15.2. The second-order valence-corrected chi connectivity index (χ2v) is 6.83. The summed E-state index contributed by atoms with van der Waals surface area (Å²) in [6, 6.07) is 16.2. The highest BCUT2D eigenvalue weighted by Gasteiger charge is 2.20. The quantitative estimate of drug-likeness (QED) is 0.577. The Morgan fingerprint density at radius 3 is 2.54 bits per heavy atom. The zero-order valence-electron chi connectivity index (χ0n) is 15.2. The molecule has 0 radical (unpaired) electrons. The van der Waals surface area contributed by atoms with Gasteiger partial charge in [0.05, 0.1) is 17.3 Å². The van der Waals surface area contributed by atoms with Gasteiger partial charge >= 0.3 is 0 Å². The van der Waals surface area contributed by atoms with E-state index < -0.39 is 0 Å². The first-order chi connectivity index (χ1) is 13.8. The average molecular weight is 374 g/mol. The van der Waals surface area contributed by atoms with Crippen molar-refractivity contribution in [3.8, 4) is 5.69 Å². The van der Waals surface area contributed by atoms with E-state index in [2.05, 4.69) is 15.3 Å². The number of nitrogens with zero attached hydrogens (tertiary/aromatic N) is 5. The minimum absolute atomic E-state index is 0.296. The van der Waals surface area contributed by atoms with Crippen LogP contribution in [0, 0.1) is 5.82 Å². The molecule has 0 amide bonds. The summed E-state index contributed by atoms with van der Waals surface area (Å²) in [7, 11) is 0. The summed E-state index contributed by atoms with van der Waals surface area (Å²) in [6.07, 6.45) is 4.01. The van der Waals surface area contributed by atoms with E-state index in [0.717, 1.165) is 42.7 Å². The van der Waals surface area contributed by atoms with Gasteiger partial charge in [-0.25, -0.2) is 9.07 Å². The predicted octanol–water partition coefficient (Wildman–Crippen LogP) is 4.30. The highest BCUT2D eigenvalue weighted by Crippen LogP contribution is 2.29. The Bertz CT molecular complexity index is 1120. The van der Waals surface area contributed by atoms with Gasteiger partial charge < -0.3 is 10.2 Å². The van der Waals surface area contributed by atoms with Crippen molar-refractivity contribution < 1.29 is 4.39 Å². The molecule has 2 aromatic carbocycles. The lowest BCUT2D eigenvalue weighted by Gasteiger charge is -2.17.